The Morgan fingerprint density at radius 2 is 2.18 bits per heavy atom. The fraction of sp³-hybridized carbons (Fsp3) is 0.474. The third-order valence-corrected chi connectivity index (χ3v) is 5.43. The molecule has 0 atom stereocenters. The third-order valence-electron chi connectivity index (χ3n) is 4.26. The maximum atomic E-state index is 5.76. The summed E-state index contributed by atoms with van der Waals surface area (Å²) in [5, 5.41) is 1.26. The number of hydrogen-bond donors (Lipinski definition) is 0. The highest BCUT2D eigenvalue weighted by atomic mass is 32.1. The van der Waals surface area contributed by atoms with Gasteiger partial charge in [-0.25, -0.2) is 0 Å². The number of ether oxygens (including phenoxy) is 1. The van der Waals surface area contributed by atoms with Gasteiger partial charge in [0.15, 0.2) is 0 Å². The van der Waals surface area contributed by atoms with Crippen molar-refractivity contribution < 1.29 is 4.74 Å². The molecule has 1 aliphatic rings. The van der Waals surface area contributed by atoms with Crippen LogP contribution in [0.5, 0.6) is 5.75 Å². The van der Waals surface area contributed by atoms with E-state index < -0.39 is 0 Å². The number of thiophene rings is 1. The maximum Gasteiger partial charge on any atom is 0.127 e. The lowest BCUT2D eigenvalue weighted by Crippen LogP contribution is -2.29. The van der Waals surface area contributed by atoms with Crippen LogP contribution in [0.4, 0.5) is 0 Å². The first-order chi connectivity index (χ1) is 10.8. The van der Waals surface area contributed by atoms with Crippen molar-refractivity contribution in [1.29, 1.82) is 0 Å². The average molecular weight is 315 g/mol. The first-order valence-electron chi connectivity index (χ1n) is 8.39. The lowest BCUT2D eigenvalue weighted by atomic mass is 10.1. The lowest BCUT2D eigenvalue weighted by molar-refractivity contribution is 0.297. The zero-order valence-electron chi connectivity index (χ0n) is 13.6. The van der Waals surface area contributed by atoms with E-state index in [4.69, 9.17) is 4.74 Å². The van der Waals surface area contributed by atoms with Crippen molar-refractivity contribution >= 4 is 27.0 Å². The third kappa shape index (κ3) is 3.36. The van der Waals surface area contributed by atoms with Crippen molar-refractivity contribution in [3.05, 3.63) is 35.2 Å². The molecular formula is C19H25NOS. The molecule has 0 N–H and O–H groups in total. The Morgan fingerprint density at radius 1 is 1.27 bits per heavy atom. The second kappa shape index (κ2) is 7.30. The number of benzene rings is 1. The molecule has 1 aromatic heterocycles. The molecule has 2 heterocycles. The van der Waals surface area contributed by atoms with Crippen LogP contribution in [0.1, 0.15) is 38.0 Å². The quantitative estimate of drug-likeness (QED) is 0.727. The van der Waals surface area contributed by atoms with Crippen LogP contribution in [-0.4, -0.2) is 31.1 Å². The van der Waals surface area contributed by atoms with E-state index in [2.05, 4.69) is 42.2 Å². The topological polar surface area (TPSA) is 12.5 Å². The highest BCUT2D eigenvalue weighted by Gasteiger charge is 2.15. The fourth-order valence-electron chi connectivity index (χ4n) is 2.99. The molecule has 0 aliphatic carbocycles. The molecule has 0 amide bonds. The van der Waals surface area contributed by atoms with Crippen LogP contribution >= 0.6 is 11.3 Å². The molecule has 0 fully saturated rings. The molecule has 2 nitrogen and oxygen atoms in total. The van der Waals surface area contributed by atoms with Crippen LogP contribution in [-0.2, 0) is 0 Å². The highest BCUT2D eigenvalue weighted by molar-refractivity contribution is 7.20. The minimum Gasteiger partial charge on any atom is -0.493 e. The van der Waals surface area contributed by atoms with Crippen molar-refractivity contribution in [3.8, 4) is 5.75 Å². The number of unbranched alkanes of at least 4 members (excludes halogenated alkanes) is 1. The van der Waals surface area contributed by atoms with Crippen LogP contribution in [0.15, 0.2) is 30.3 Å². The van der Waals surface area contributed by atoms with Crippen molar-refractivity contribution in [1.82, 2.24) is 4.90 Å². The van der Waals surface area contributed by atoms with Crippen molar-refractivity contribution in [3.63, 3.8) is 0 Å². The van der Waals surface area contributed by atoms with Crippen molar-refractivity contribution in [2.75, 3.05) is 26.2 Å². The predicted octanol–water partition coefficient (Wildman–Crippen LogP) is 5.19. The normalized spacial score (nSPS) is 16.0. The van der Waals surface area contributed by atoms with Gasteiger partial charge in [-0.1, -0.05) is 25.5 Å². The monoisotopic (exact) mass is 315 g/mol. The number of fused-ring (bicyclic) bond motifs is 1. The van der Waals surface area contributed by atoms with Crippen LogP contribution in [0.2, 0.25) is 0 Å². The van der Waals surface area contributed by atoms with E-state index in [1.807, 2.05) is 18.3 Å². The van der Waals surface area contributed by atoms with E-state index in [9.17, 15) is 0 Å². The molecule has 1 aromatic carbocycles. The second-order valence-corrected chi connectivity index (χ2v) is 6.93. The number of rotatable bonds is 6. The summed E-state index contributed by atoms with van der Waals surface area (Å²) in [6.07, 6.45) is 6.18. The second-order valence-electron chi connectivity index (χ2n) is 5.85. The van der Waals surface area contributed by atoms with Gasteiger partial charge in [0.25, 0.3) is 0 Å². The van der Waals surface area contributed by atoms with Crippen molar-refractivity contribution in [2.45, 2.75) is 33.1 Å². The predicted molar refractivity (Wildman–Crippen MR) is 96.9 cm³/mol. The molecule has 3 heteroatoms. The first-order valence-corrected chi connectivity index (χ1v) is 9.20. The zero-order valence-corrected chi connectivity index (χ0v) is 14.4. The Kier molecular flexibility index (Phi) is 5.16. The van der Waals surface area contributed by atoms with E-state index in [1.54, 1.807) is 0 Å². The fourth-order valence-corrected chi connectivity index (χ4v) is 4.14. The molecule has 1 aliphatic heterocycles. The minimum absolute atomic E-state index is 0.722. The van der Waals surface area contributed by atoms with Gasteiger partial charge in [0, 0.05) is 28.1 Å². The Balaban J connectivity index is 1.79. The molecule has 118 valence electrons. The minimum atomic E-state index is 0.722. The lowest BCUT2D eigenvalue weighted by Gasteiger charge is -2.25. The van der Waals surface area contributed by atoms with Gasteiger partial charge in [-0.15, -0.1) is 11.3 Å². The van der Waals surface area contributed by atoms with Gasteiger partial charge >= 0.3 is 0 Å². The molecule has 0 spiro atoms. The van der Waals surface area contributed by atoms with Gasteiger partial charge in [0.05, 0.1) is 6.61 Å². The molecule has 22 heavy (non-hydrogen) atoms. The summed E-state index contributed by atoms with van der Waals surface area (Å²) in [7, 11) is 0. The van der Waals surface area contributed by atoms with E-state index >= 15 is 0 Å². The highest BCUT2D eigenvalue weighted by Crippen LogP contribution is 2.37. The van der Waals surface area contributed by atoms with Crippen LogP contribution in [0.3, 0.4) is 0 Å². The molecule has 0 saturated carbocycles. The van der Waals surface area contributed by atoms with Gasteiger partial charge in [0.2, 0.25) is 0 Å². The number of nitrogens with zero attached hydrogens (tertiary/aromatic N) is 1. The summed E-state index contributed by atoms with van der Waals surface area (Å²) in [6.45, 7) is 8.56. The summed E-state index contributed by atoms with van der Waals surface area (Å²) in [5.41, 5.74) is 1.51. The van der Waals surface area contributed by atoms with Crippen LogP contribution < -0.4 is 4.74 Å². The number of hydrogen-bond acceptors (Lipinski definition) is 3. The largest absolute Gasteiger partial charge is 0.493 e. The van der Waals surface area contributed by atoms with E-state index in [-0.39, 0.29) is 0 Å². The summed E-state index contributed by atoms with van der Waals surface area (Å²) in [6, 6.07) is 8.68. The molecule has 0 saturated heterocycles. The van der Waals surface area contributed by atoms with Crippen LogP contribution in [0, 0.1) is 0 Å². The smallest absolute Gasteiger partial charge is 0.127 e. The van der Waals surface area contributed by atoms with Gasteiger partial charge in [-0.2, -0.15) is 0 Å². The van der Waals surface area contributed by atoms with Gasteiger partial charge in [0.1, 0.15) is 5.75 Å². The first kappa shape index (κ1) is 15.6. The Labute approximate surface area is 137 Å². The molecule has 3 rings (SSSR count). The average Bonchev–Trinajstić information content (AvgIpc) is 2.99. The van der Waals surface area contributed by atoms with Gasteiger partial charge < -0.3 is 4.74 Å². The van der Waals surface area contributed by atoms with E-state index in [0.717, 1.165) is 18.9 Å². The molecule has 0 bridgehead atoms. The van der Waals surface area contributed by atoms with Gasteiger partial charge in [-0.05, 0) is 50.1 Å². The molecule has 0 unspecified atom stereocenters. The zero-order chi connectivity index (χ0) is 15.4. The molecule has 2 aromatic rings. The summed E-state index contributed by atoms with van der Waals surface area (Å²) >= 11 is 1.90. The molecular weight excluding hydrogens is 290 g/mol. The maximum absolute atomic E-state index is 5.76. The summed E-state index contributed by atoms with van der Waals surface area (Å²) < 4.78 is 7.09. The SMILES string of the molecule is CCCCN1CC=C(c2cc3c(OCC)cccc3s2)CC1. The van der Waals surface area contributed by atoms with Crippen LogP contribution in [0.25, 0.3) is 15.7 Å². The standard InChI is InChI=1S/C19H25NOS/c1-3-5-11-20-12-9-15(10-13-20)19-14-16-17(21-4-2)7-6-8-18(16)22-19/h6-9,14H,3-5,10-13H2,1-2H3. The van der Waals surface area contributed by atoms with E-state index in [1.165, 1.54) is 52.9 Å². The van der Waals surface area contributed by atoms with Crippen molar-refractivity contribution in [2.24, 2.45) is 0 Å². The Hall–Kier alpha value is -1.32. The molecule has 0 radical (unpaired) electrons. The Morgan fingerprint density at radius 3 is 2.91 bits per heavy atom. The van der Waals surface area contributed by atoms with Gasteiger partial charge in [-0.3, -0.25) is 4.90 Å². The summed E-state index contributed by atoms with van der Waals surface area (Å²) in [5.74, 6) is 1.02. The van der Waals surface area contributed by atoms with E-state index in [0.29, 0.717) is 0 Å². The summed E-state index contributed by atoms with van der Waals surface area (Å²) in [4.78, 5) is 3.98. The Bertz CT molecular complexity index is 658.